The normalized spacial score (nSPS) is 15.8. The molecular formula is C17H21N3O. The molecule has 0 radical (unpaired) electrons. The van der Waals surface area contributed by atoms with Gasteiger partial charge in [-0.1, -0.05) is 0 Å². The van der Waals surface area contributed by atoms with Crippen LogP contribution in [0.5, 0.6) is 0 Å². The molecule has 2 aromatic rings. The van der Waals surface area contributed by atoms with Gasteiger partial charge in [0.2, 0.25) is 0 Å². The SMILES string of the molecule is Cc1cc(C)n(-c2ccc(C(=O)N[C@H](C)C3CC3)cc2)n1. The lowest BCUT2D eigenvalue weighted by atomic mass is 10.1. The molecule has 0 bridgehead atoms. The molecule has 1 aromatic heterocycles. The molecule has 110 valence electrons. The Bertz CT molecular complexity index is 653. The molecule has 1 amide bonds. The van der Waals surface area contributed by atoms with Crippen LogP contribution >= 0.6 is 0 Å². The van der Waals surface area contributed by atoms with E-state index in [0.29, 0.717) is 11.5 Å². The molecular weight excluding hydrogens is 262 g/mol. The van der Waals surface area contributed by atoms with Crippen molar-refractivity contribution in [1.82, 2.24) is 15.1 Å². The van der Waals surface area contributed by atoms with Crippen LogP contribution in [0, 0.1) is 19.8 Å². The highest BCUT2D eigenvalue weighted by atomic mass is 16.1. The summed E-state index contributed by atoms with van der Waals surface area (Å²) < 4.78 is 1.89. The van der Waals surface area contributed by atoms with E-state index in [-0.39, 0.29) is 11.9 Å². The van der Waals surface area contributed by atoms with E-state index in [1.165, 1.54) is 12.8 Å². The highest BCUT2D eigenvalue weighted by molar-refractivity contribution is 5.94. The Morgan fingerprint density at radius 1 is 1.29 bits per heavy atom. The van der Waals surface area contributed by atoms with Crippen LogP contribution in [-0.4, -0.2) is 21.7 Å². The van der Waals surface area contributed by atoms with E-state index in [2.05, 4.69) is 17.3 Å². The third kappa shape index (κ3) is 2.99. The van der Waals surface area contributed by atoms with Crippen molar-refractivity contribution < 1.29 is 4.79 Å². The minimum Gasteiger partial charge on any atom is -0.349 e. The van der Waals surface area contributed by atoms with Crippen molar-refractivity contribution in [2.24, 2.45) is 5.92 Å². The summed E-state index contributed by atoms with van der Waals surface area (Å²) in [5.41, 5.74) is 3.76. The number of amides is 1. The Morgan fingerprint density at radius 2 is 1.95 bits per heavy atom. The molecule has 1 aromatic carbocycles. The maximum Gasteiger partial charge on any atom is 0.251 e. The van der Waals surface area contributed by atoms with Crippen LogP contribution in [0.15, 0.2) is 30.3 Å². The van der Waals surface area contributed by atoms with E-state index in [4.69, 9.17) is 0 Å². The lowest BCUT2D eigenvalue weighted by Gasteiger charge is -2.13. The molecule has 3 rings (SSSR count). The second-order valence-corrected chi connectivity index (χ2v) is 5.99. The third-order valence-corrected chi connectivity index (χ3v) is 4.07. The molecule has 1 aliphatic carbocycles. The van der Waals surface area contributed by atoms with Crippen LogP contribution < -0.4 is 5.32 Å². The number of carbonyl (C=O) groups excluding carboxylic acids is 1. The molecule has 1 N–H and O–H groups in total. The fraction of sp³-hybridized carbons (Fsp3) is 0.412. The first kappa shape index (κ1) is 13.9. The van der Waals surface area contributed by atoms with Gasteiger partial charge in [0, 0.05) is 17.3 Å². The zero-order chi connectivity index (χ0) is 15.0. The monoisotopic (exact) mass is 283 g/mol. The first-order chi connectivity index (χ1) is 10.0. The maximum atomic E-state index is 12.2. The molecule has 0 saturated heterocycles. The minimum atomic E-state index is 0.00863. The average Bonchev–Trinajstić information content (AvgIpc) is 3.24. The smallest absolute Gasteiger partial charge is 0.251 e. The van der Waals surface area contributed by atoms with Crippen LogP contribution in [0.3, 0.4) is 0 Å². The van der Waals surface area contributed by atoms with Gasteiger partial charge in [-0.3, -0.25) is 4.79 Å². The Kier molecular flexibility index (Phi) is 3.53. The largest absolute Gasteiger partial charge is 0.349 e. The number of aromatic nitrogens is 2. The lowest BCUT2D eigenvalue weighted by Crippen LogP contribution is -2.33. The number of hydrogen-bond donors (Lipinski definition) is 1. The van der Waals surface area contributed by atoms with Crippen molar-refractivity contribution in [3.8, 4) is 5.69 Å². The van der Waals surface area contributed by atoms with Gasteiger partial charge in [0.1, 0.15) is 0 Å². The lowest BCUT2D eigenvalue weighted by molar-refractivity contribution is 0.0936. The second-order valence-electron chi connectivity index (χ2n) is 5.99. The summed E-state index contributed by atoms with van der Waals surface area (Å²) in [6, 6.07) is 9.92. The van der Waals surface area contributed by atoms with Crippen molar-refractivity contribution in [3.63, 3.8) is 0 Å². The van der Waals surface area contributed by atoms with E-state index in [1.54, 1.807) is 0 Å². The second kappa shape index (κ2) is 5.35. The quantitative estimate of drug-likeness (QED) is 0.937. The highest BCUT2D eigenvalue weighted by Crippen LogP contribution is 2.32. The van der Waals surface area contributed by atoms with Gasteiger partial charge in [0.05, 0.1) is 11.4 Å². The molecule has 0 spiro atoms. The van der Waals surface area contributed by atoms with Crippen molar-refractivity contribution in [2.45, 2.75) is 39.7 Å². The number of aryl methyl sites for hydroxylation is 2. The topological polar surface area (TPSA) is 46.9 Å². The van der Waals surface area contributed by atoms with Gasteiger partial charge in [-0.15, -0.1) is 0 Å². The molecule has 1 heterocycles. The summed E-state index contributed by atoms with van der Waals surface area (Å²) in [6.45, 7) is 6.09. The Hall–Kier alpha value is -2.10. The summed E-state index contributed by atoms with van der Waals surface area (Å²) in [4.78, 5) is 12.2. The van der Waals surface area contributed by atoms with E-state index < -0.39 is 0 Å². The summed E-state index contributed by atoms with van der Waals surface area (Å²) in [6.07, 6.45) is 2.47. The molecule has 1 fully saturated rings. The predicted octanol–water partition coefficient (Wildman–Crippen LogP) is 3.02. The maximum absolute atomic E-state index is 12.2. The number of rotatable bonds is 4. The first-order valence-corrected chi connectivity index (χ1v) is 7.49. The molecule has 0 unspecified atom stereocenters. The average molecular weight is 283 g/mol. The highest BCUT2D eigenvalue weighted by Gasteiger charge is 2.29. The zero-order valence-corrected chi connectivity index (χ0v) is 12.8. The van der Waals surface area contributed by atoms with E-state index >= 15 is 0 Å². The number of benzene rings is 1. The number of nitrogens with zero attached hydrogens (tertiary/aromatic N) is 2. The zero-order valence-electron chi connectivity index (χ0n) is 12.8. The Labute approximate surface area is 125 Å². The molecule has 1 saturated carbocycles. The van der Waals surface area contributed by atoms with E-state index in [0.717, 1.165) is 17.1 Å². The molecule has 21 heavy (non-hydrogen) atoms. The van der Waals surface area contributed by atoms with Gasteiger partial charge < -0.3 is 5.32 Å². The molecule has 1 aliphatic rings. The number of nitrogens with one attached hydrogen (secondary N) is 1. The minimum absolute atomic E-state index is 0.00863. The third-order valence-electron chi connectivity index (χ3n) is 4.07. The fourth-order valence-electron chi connectivity index (χ4n) is 2.65. The molecule has 4 heteroatoms. The van der Waals surface area contributed by atoms with Crippen molar-refractivity contribution in [2.75, 3.05) is 0 Å². The number of hydrogen-bond acceptors (Lipinski definition) is 2. The van der Waals surface area contributed by atoms with Gasteiger partial charge in [-0.25, -0.2) is 4.68 Å². The number of carbonyl (C=O) groups is 1. The summed E-state index contributed by atoms with van der Waals surface area (Å²) >= 11 is 0. The standard InChI is InChI=1S/C17H21N3O/c1-11-10-12(2)20(19-11)16-8-6-15(7-9-16)17(21)18-13(3)14-4-5-14/h6-10,13-14H,4-5H2,1-3H3,(H,18,21)/t13-/m1/s1. The van der Waals surface area contributed by atoms with E-state index in [1.807, 2.05) is 48.9 Å². The van der Waals surface area contributed by atoms with Crippen LogP contribution in [0.2, 0.25) is 0 Å². The first-order valence-electron chi connectivity index (χ1n) is 7.49. The van der Waals surface area contributed by atoms with Gasteiger partial charge in [0.15, 0.2) is 0 Å². The molecule has 4 nitrogen and oxygen atoms in total. The van der Waals surface area contributed by atoms with Gasteiger partial charge in [0.25, 0.3) is 5.91 Å². The van der Waals surface area contributed by atoms with Gasteiger partial charge in [-0.2, -0.15) is 5.10 Å². The molecule has 0 aliphatic heterocycles. The fourth-order valence-corrected chi connectivity index (χ4v) is 2.65. The van der Waals surface area contributed by atoms with Gasteiger partial charge >= 0.3 is 0 Å². The molecule has 1 atom stereocenters. The van der Waals surface area contributed by atoms with Crippen LogP contribution in [-0.2, 0) is 0 Å². The van der Waals surface area contributed by atoms with Crippen LogP contribution in [0.4, 0.5) is 0 Å². The van der Waals surface area contributed by atoms with Crippen LogP contribution in [0.25, 0.3) is 5.69 Å². The van der Waals surface area contributed by atoms with Crippen LogP contribution in [0.1, 0.15) is 41.5 Å². The van der Waals surface area contributed by atoms with E-state index in [9.17, 15) is 4.79 Å². The van der Waals surface area contributed by atoms with Crippen molar-refractivity contribution in [3.05, 3.63) is 47.3 Å². The summed E-state index contributed by atoms with van der Waals surface area (Å²) in [5.74, 6) is 0.678. The van der Waals surface area contributed by atoms with Crippen molar-refractivity contribution in [1.29, 1.82) is 0 Å². The van der Waals surface area contributed by atoms with Gasteiger partial charge in [-0.05, 0) is 69.9 Å². The Morgan fingerprint density at radius 3 is 2.48 bits per heavy atom. The summed E-state index contributed by atoms with van der Waals surface area (Å²) in [5, 5.41) is 7.52. The summed E-state index contributed by atoms with van der Waals surface area (Å²) in [7, 11) is 0. The predicted molar refractivity (Wildman–Crippen MR) is 82.7 cm³/mol. The Balaban J connectivity index is 1.74. The van der Waals surface area contributed by atoms with Crippen molar-refractivity contribution >= 4 is 5.91 Å².